The lowest BCUT2D eigenvalue weighted by molar-refractivity contribution is -0.140. The summed E-state index contributed by atoms with van der Waals surface area (Å²) in [5.41, 5.74) is 2.69. The molecule has 1 heterocycles. The van der Waals surface area contributed by atoms with E-state index in [2.05, 4.69) is 5.16 Å². The van der Waals surface area contributed by atoms with E-state index in [-0.39, 0.29) is 5.71 Å². The quantitative estimate of drug-likeness (QED) is 0.194. The fourth-order valence-corrected chi connectivity index (χ4v) is 3.50. The van der Waals surface area contributed by atoms with Crippen molar-refractivity contribution in [3.8, 4) is 5.69 Å². The Hall–Kier alpha value is -4.06. The molecule has 154 valence electrons. The number of ketones is 1. The molecule has 0 spiro atoms. The van der Waals surface area contributed by atoms with Crippen molar-refractivity contribution in [2.24, 2.45) is 5.16 Å². The third kappa shape index (κ3) is 3.88. The molecule has 0 amide bonds. The molecule has 4 aromatic rings. The number of fused-ring (bicyclic) bond motifs is 1. The lowest BCUT2D eigenvalue weighted by atomic mass is 9.97. The van der Waals surface area contributed by atoms with Crippen molar-refractivity contribution in [2.75, 3.05) is 0 Å². The summed E-state index contributed by atoms with van der Waals surface area (Å²) in [7, 11) is 0. The number of carbonyl (C=O) groups excluding carboxylic acids is 2. The maximum atomic E-state index is 14.5. The first kappa shape index (κ1) is 20.2. The summed E-state index contributed by atoms with van der Waals surface area (Å²) < 4.78 is 16.2. The molecular formula is C25H19FN2O3. The van der Waals surface area contributed by atoms with E-state index in [0.717, 1.165) is 5.56 Å². The molecule has 31 heavy (non-hydrogen) atoms. The van der Waals surface area contributed by atoms with Crippen molar-refractivity contribution in [1.29, 1.82) is 0 Å². The highest BCUT2D eigenvalue weighted by molar-refractivity contribution is 6.53. The number of rotatable bonds is 5. The van der Waals surface area contributed by atoms with Gasteiger partial charge in [0.15, 0.2) is 5.71 Å². The van der Waals surface area contributed by atoms with Crippen LogP contribution in [0.15, 0.2) is 84.1 Å². The number of para-hydroxylation sites is 2. The number of aryl methyl sites for hydroxylation is 1. The van der Waals surface area contributed by atoms with E-state index in [9.17, 15) is 14.0 Å². The lowest BCUT2D eigenvalue weighted by Crippen LogP contribution is -2.18. The zero-order chi connectivity index (χ0) is 22.0. The van der Waals surface area contributed by atoms with E-state index in [1.54, 1.807) is 47.2 Å². The van der Waals surface area contributed by atoms with Crippen LogP contribution in [-0.2, 0) is 9.63 Å². The minimum Gasteiger partial charge on any atom is -0.318 e. The van der Waals surface area contributed by atoms with Crippen molar-refractivity contribution in [1.82, 2.24) is 4.57 Å². The van der Waals surface area contributed by atoms with Gasteiger partial charge in [-0.05, 0) is 30.7 Å². The highest BCUT2D eigenvalue weighted by Crippen LogP contribution is 2.28. The second kappa shape index (κ2) is 8.36. The predicted molar refractivity (Wildman–Crippen MR) is 117 cm³/mol. The Morgan fingerprint density at radius 1 is 0.903 bits per heavy atom. The molecule has 0 bridgehead atoms. The van der Waals surface area contributed by atoms with Crippen LogP contribution in [0.1, 0.15) is 28.4 Å². The van der Waals surface area contributed by atoms with Gasteiger partial charge in [-0.2, -0.15) is 0 Å². The van der Waals surface area contributed by atoms with Crippen LogP contribution in [0.5, 0.6) is 0 Å². The minimum atomic E-state index is -0.632. The van der Waals surface area contributed by atoms with E-state index >= 15 is 0 Å². The number of nitrogens with zero attached hydrogens (tertiary/aromatic N) is 2. The SMILES string of the molecule is CC(=O)O/N=C(/C(=O)c1cn(-c2ccccc2F)c2ccccc12)c1ccccc1C. The van der Waals surface area contributed by atoms with Crippen molar-refractivity contribution in [3.63, 3.8) is 0 Å². The average molecular weight is 414 g/mol. The fourth-order valence-electron chi connectivity index (χ4n) is 3.50. The van der Waals surface area contributed by atoms with Crippen LogP contribution in [0.4, 0.5) is 4.39 Å². The van der Waals surface area contributed by atoms with Gasteiger partial charge in [-0.3, -0.25) is 4.79 Å². The number of aromatic nitrogens is 1. The first-order valence-electron chi connectivity index (χ1n) is 9.68. The third-order valence-electron chi connectivity index (χ3n) is 4.95. The number of oxime groups is 1. The van der Waals surface area contributed by atoms with Crippen LogP contribution >= 0.6 is 0 Å². The minimum absolute atomic E-state index is 0.00439. The summed E-state index contributed by atoms with van der Waals surface area (Å²) in [6, 6.07) is 20.8. The van der Waals surface area contributed by atoms with E-state index in [1.165, 1.54) is 13.0 Å². The van der Waals surface area contributed by atoms with Gasteiger partial charge in [0.1, 0.15) is 5.82 Å². The Labute approximate surface area is 178 Å². The summed E-state index contributed by atoms with van der Waals surface area (Å²) in [4.78, 5) is 29.8. The topological polar surface area (TPSA) is 60.7 Å². The van der Waals surface area contributed by atoms with Crippen LogP contribution in [0.2, 0.25) is 0 Å². The highest BCUT2D eigenvalue weighted by atomic mass is 19.1. The van der Waals surface area contributed by atoms with Crippen molar-refractivity contribution in [2.45, 2.75) is 13.8 Å². The molecule has 0 aliphatic rings. The van der Waals surface area contributed by atoms with Crippen molar-refractivity contribution < 1.29 is 18.8 Å². The largest absolute Gasteiger partial charge is 0.332 e. The van der Waals surface area contributed by atoms with Gasteiger partial charge < -0.3 is 9.40 Å². The van der Waals surface area contributed by atoms with Gasteiger partial charge in [0, 0.05) is 24.1 Å². The lowest BCUT2D eigenvalue weighted by Gasteiger charge is -2.08. The van der Waals surface area contributed by atoms with Gasteiger partial charge in [0.05, 0.1) is 16.8 Å². The second-order valence-electron chi connectivity index (χ2n) is 7.05. The normalized spacial score (nSPS) is 11.5. The monoisotopic (exact) mass is 414 g/mol. The summed E-state index contributed by atoms with van der Waals surface area (Å²) in [6.07, 6.45) is 1.59. The average Bonchev–Trinajstić information content (AvgIpc) is 3.14. The second-order valence-corrected chi connectivity index (χ2v) is 7.05. The van der Waals surface area contributed by atoms with Crippen molar-refractivity contribution >= 4 is 28.4 Å². The van der Waals surface area contributed by atoms with Crippen LogP contribution in [0.3, 0.4) is 0 Å². The molecule has 5 nitrogen and oxygen atoms in total. The standard InChI is InChI=1S/C25H19FN2O3/c1-16-9-3-4-10-18(16)24(27-31-17(2)29)25(30)20-15-28(22-13-7-5-11-19(20)22)23-14-8-6-12-21(23)26/h3-15H,1-2H3/b27-24+. The zero-order valence-corrected chi connectivity index (χ0v) is 17.0. The summed E-state index contributed by atoms with van der Waals surface area (Å²) >= 11 is 0. The first-order chi connectivity index (χ1) is 15.0. The molecule has 0 saturated heterocycles. The Kier molecular flexibility index (Phi) is 5.45. The summed E-state index contributed by atoms with van der Waals surface area (Å²) in [5, 5.41) is 4.51. The zero-order valence-electron chi connectivity index (χ0n) is 17.0. The summed E-state index contributed by atoms with van der Waals surface area (Å²) in [5.74, 6) is -1.47. The van der Waals surface area contributed by atoms with Crippen LogP contribution in [0.25, 0.3) is 16.6 Å². The number of hydrogen-bond acceptors (Lipinski definition) is 4. The van der Waals surface area contributed by atoms with Gasteiger partial charge >= 0.3 is 5.97 Å². The molecular weight excluding hydrogens is 395 g/mol. The molecule has 0 saturated carbocycles. The molecule has 0 aliphatic heterocycles. The number of halogens is 1. The number of Topliss-reactive ketones (excluding diaryl/α,β-unsaturated/α-hetero) is 1. The predicted octanol–water partition coefficient (Wildman–Crippen LogP) is 5.23. The number of hydrogen-bond donors (Lipinski definition) is 0. The van der Waals surface area contributed by atoms with Gasteiger partial charge in [-0.25, -0.2) is 9.18 Å². The number of benzene rings is 3. The maximum absolute atomic E-state index is 14.5. The van der Waals surface area contributed by atoms with Crippen LogP contribution in [-0.4, -0.2) is 22.0 Å². The third-order valence-corrected chi connectivity index (χ3v) is 4.95. The maximum Gasteiger partial charge on any atom is 0.332 e. The molecule has 6 heteroatoms. The van der Waals surface area contributed by atoms with Gasteiger partial charge in [0.25, 0.3) is 0 Å². The van der Waals surface area contributed by atoms with E-state index in [0.29, 0.717) is 27.7 Å². The summed E-state index contributed by atoms with van der Waals surface area (Å²) in [6.45, 7) is 3.06. The Morgan fingerprint density at radius 3 is 2.32 bits per heavy atom. The van der Waals surface area contributed by atoms with Gasteiger partial charge in [-0.15, -0.1) is 0 Å². The molecule has 0 atom stereocenters. The molecule has 0 aliphatic carbocycles. The van der Waals surface area contributed by atoms with Crippen LogP contribution in [0, 0.1) is 12.7 Å². The smallest absolute Gasteiger partial charge is 0.318 e. The Morgan fingerprint density at radius 2 is 1.58 bits per heavy atom. The first-order valence-corrected chi connectivity index (χ1v) is 9.68. The molecule has 0 fully saturated rings. The molecule has 0 N–H and O–H groups in total. The Bertz CT molecular complexity index is 1340. The fraction of sp³-hybridized carbons (Fsp3) is 0.0800. The highest BCUT2D eigenvalue weighted by Gasteiger charge is 2.24. The Balaban J connectivity index is 1.92. The van der Waals surface area contributed by atoms with E-state index in [4.69, 9.17) is 4.84 Å². The van der Waals surface area contributed by atoms with Gasteiger partial charge in [-0.1, -0.05) is 59.8 Å². The van der Waals surface area contributed by atoms with Crippen molar-refractivity contribution in [3.05, 3.63) is 102 Å². The molecule has 0 radical (unpaired) electrons. The molecule has 4 rings (SSSR count). The molecule has 0 unspecified atom stereocenters. The van der Waals surface area contributed by atoms with E-state index < -0.39 is 17.6 Å². The molecule has 1 aromatic heterocycles. The number of carbonyl (C=O) groups is 2. The van der Waals surface area contributed by atoms with E-state index in [1.807, 2.05) is 37.3 Å². The van der Waals surface area contributed by atoms with Crippen LogP contribution < -0.4 is 0 Å². The molecule has 3 aromatic carbocycles. The van der Waals surface area contributed by atoms with Gasteiger partial charge in [0.2, 0.25) is 5.78 Å².